The Morgan fingerprint density at radius 2 is 1.85 bits per heavy atom. The van der Waals surface area contributed by atoms with Crippen LogP contribution in [-0.4, -0.2) is 16.7 Å². The predicted molar refractivity (Wildman–Crippen MR) is 108 cm³/mol. The highest BCUT2D eigenvalue weighted by Gasteiger charge is 2.20. The first-order chi connectivity index (χ1) is 12.7. The highest BCUT2D eigenvalue weighted by molar-refractivity contribution is 7.71. The average molecular weight is 383 g/mol. The monoisotopic (exact) mass is 382 g/mol. The molecule has 1 aromatic heterocycles. The van der Waals surface area contributed by atoms with E-state index in [1.807, 2.05) is 42.5 Å². The Balaban J connectivity index is 2.00. The molecule has 1 aliphatic rings. The summed E-state index contributed by atoms with van der Waals surface area (Å²) in [7, 11) is 1.67. The molecule has 0 spiro atoms. The van der Waals surface area contributed by atoms with Gasteiger partial charge in [0.25, 0.3) is 0 Å². The van der Waals surface area contributed by atoms with Gasteiger partial charge in [-0.25, -0.2) is 4.98 Å². The summed E-state index contributed by atoms with van der Waals surface area (Å²) in [4.78, 5) is 4.81. The Hall–Kier alpha value is -2.17. The van der Waals surface area contributed by atoms with Crippen molar-refractivity contribution in [1.82, 2.24) is 9.55 Å². The highest BCUT2D eigenvalue weighted by Crippen LogP contribution is 2.31. The fraction of sp³-hybridized carbons (Fsp3) is 0.238. The van der Waals surface area contributed by atoms with Gasteiger partial charge in [-0.05, 0) is 68.1 Å². The molecular formula is C21H19ClN2OS. The van der Waals surface area contributed by atoms with Gasteiger partial charge < -0.3 is 4.74 Å². The molecule has 0 unspecified atom stereocenters. The Labute approximate surface area is 163 Å². The van der Waals surface area contributed by atoms with Gasteiger partial charge in [0.15, 0.2) is 0 Å². The molecular weight excluding hydrogens is 364 g/mol. The molecule has 3 aromatic rings. The van der Waals surface area contributed by atoms with Crippen molar-refractivity contribution in [2.45, 2.75) is 25.7 Å². The van der Waals surface area contributed by atoms with E-state index in [0.29, 0.717) is 9.66 Å². The lowest BCUT2D eigenvalue weighted by Gasteiger charge is -2.24. The molecule has 0 radical (unpaired) electrons. The molecule has 0 saturated carbocycles. The number of ether oxygens (including phenoxy) is 1. The maximum absolute atomic E-state index is 6.28. The third-order valence-corrected chi connectivity index (χ3v) is 5.37. The molecule has 0 fully saturated rings. The molecule has 0 saturated heterocycles. The average Bonchev–Trinajstić information content (AvgIpc) is 2.68. The summed E-state index contributed by atoms with van der Waals surface area (Å²) in [5, 5.41) is 0.711. The molecule has 5 heteroatoms. The second-order valence-electron chi connectivity index (χ2n) is 6.42. The minimum absolute atomic E-state index is 0.711. The smallest absolute Gasteiger partial charge is 0.146 e. The predicted octanol–water partition coefficient (Wildman–Crippen LogP) is 5.81. The molecule has 0 atom stereocenters. The lowest BCUT2D eigenvalue weighted by molar-refractivity contribution is 0.415. The van der Waals surface area contributed by atoms with Crippen molar-refractivity contribution in [3.8, 4) is 22.8 Å². The Morgan fingerprint density at radius 3 is 2.58 bits per heavy atom. The number of aromatic nitrogens is 2. The number of nitrogens with zero attached hydrogens (tertiary/aromatic N) is 2. The molecule has 1 aliphatic carbocycles. The van der Waals surface area contributed by atoms with Crippen LogP contribution in [0.4, 0.5) is 0 Å². The number of halogens is 1. The summed E-state index contributed by atoms with van der Waals surface area (Å²) < 4.78 is 8.22. The van der Waals surface area contributed by atoms with Crippen molar-refractivity contribution in [3.63, 3.8) is 0 Å². The maximum Gasteiger partial charge on any atom is 0.146 e. The van der Waals surface area contributed by atoms with Crippen molar-refractivity contribution < 1.29 is 4.74 Å². The fourth-order valence-electron chi connectivity index (χ4n) is 3.54. The van der Waals surface area contributed by atoms with Crippen LogP contribution in [0.25, 0.3) is 17.1 Å². The Bertz CT molecular complexity index is 1010. The summed E-state index contributed by atoms with van der Waals surface area (Å²) in [6.07, 6.45) is 4.31. The van der Waals surface area contributed by atoms with Crippen LogP contribution in [0.3, 0.4) is 0 Å². The molecule has 132 valence electrons. The molecule has 3 nitrogen and oxygen atoms in total. The maximum atomic E-state index is 6.28. The molecule has 4 rings (SSSR count). The van der Waals surface area contributed by atoms with Crippen LogP contribution in [0.15, 0.2) is 48.5 Å². The van der Waals surface area contributed by atoms with Gasteiger partial charge in [0.1, 0.15) is 16.2 Å². The third kappa shape index (κ3) is 3.15. The summed E-state index contributed by atoms with van der Waals surface area (Å²) in [5.74, 6) is 1.67. The van der Waals surface area contributed by atoms with Crippen molar-refractivity contribution in [3.05, 3.63) is 69.5 Å². The van der Waals surface area contributed by atoms with Crippen LogP contribution < -0.4 is 4.74 Å². The van der Waals surface area contributed by atoms with Gasteiger partial charge in [-0.2, -0.15) is 0 Å². The lowest BCUT2D eigenvalue weighted by atomic mass is 9.96. The van der Waals surface area contributed by atoms with E-state index in [9.17, 15) is 0 Å². The second-order valence-corrected chi connectivity index (χ2v) is 7.24. The quantitative estimate of drug-likeness (QED) is 0.535. The number of fused-ring (bicyclic) bond motifs is 1. The van der Waals surface area contributed by atoms with Crippen LogP contribution in [0.2, 0.25) is 5.02 Å². The number of methoxy groups -OCH3 is 1. The van der Waals surface area contributed by atoms with E-state index in [1.54, 1.807) is 7.11 Å². The van der Waals surface area contributed by atoms with E-state index in [-0.39, 0.29) is 0 Å². The highest BCUT2D eigenvalue weighted by atomic mass is 35.5. The molecule has 1 heterocycles. The van der Waals surface area contributed by atoms with E-state index in [1.165, 1.54) is 11.3 Å². The molecule has 26 heavy (non-hydrogen) atoms. The van der Waals surface area contributed by atoms with Crippen molar-refractivity contribution in [2.24, 2.45) is 0 Å². The number of hydrogen-bond donors (Lipinski definition) is 0. The molecule has 2 aromatic carbocycles. The van der Waals surface area contributed by atoms with Gasteiger partial charge in [-0.3, -0.25) is 4.57 Å². The SMILES string of the molecule is COc1ccc(-c2nc(=S)c3c(n2-c2cccc(Cl)c2)CCCC3)cc1. The van der Waals surface area contributed by atoms with Gasteiger partial charge in [0.2, 0.25) is 0 Å². The van der Waals surface area contributed by atoms with Crippen molar-refractivity contribution >= 4 is 23.8 Å². The van der Waals surface area contributed by atoms with Gasteiger partial charge in [-0.1, -0.05) is 29.9 Å². The zero-order valence-electron chi connectivity index (χ0n) is 14.5. The van der Waals surface area contributed by atoms with Crippen LogP contribution in [0.5, 0.6) is 5.75 Å². The Kier molecular flexibility index (Phi) is 4.79. The third-order valence-electron chi connectivity index (χ3n) is 4.80. The van der Waals surface area contributed by atoms with E-state index in [0.717, 1.165) is 48.5 Å². The molecule has 0 aliphatic heterocycles. The van der Waals surface area contributed by atoms with E-state index in [4.69, 9.17) is 33.5 Å². The summed E-state index contributed by atoms with van der Waals surface area (Å²) >= 11 is 11.9. The van der Waals surface area contributed by atoms with Crippen LogP contribution in [-0.2, 0) is 12.8 Å². The van der Waals surface area contributed by atoms with Crippen molar-refractivity contribution in [1.29, 1.82) is 0 Å². The zero-order chi connectivity index (χ0) is 18.1. The van der Waals surface area contributed by atoms with E-state index in [2.05, 4.69) is 10.6 Å². The number of hydrogen-bond acceptors (Lipinski definition) is 3. The van der Waals surface area contributed by atoms with Crippen LogP contribution >= 0.6 is 23.8 Å². The fourth-order valence-corrected chi connectivity index (χ4v) is 4.03. The van der Waals surface area contributed by atoms with Crippen molar-refractivity contribution in [2.75, 3.05) is 7.11 Å². The normalized spacial score (nSPS) is 13.3. The van der Waals surface area contributed by atoms with Crippen LogP contribution in [0, 0.1) is 4.64 Å². The van der Waals surface area contributed by atoms with Crippen LogP contribution in [0.1, 0.15) is 24.1 Å². The molecule has 0 N–H and O–H groups in total. The summed E-state index contributed by atoms with van der Waals surface area (Å²) in [6, 6.07) is 15.8. The first-order valence-corrected chi connectivity index (χ1v) is 9.51. The van der Waals surface area contributed by atoms with Gasteiger partial charge >= 0.3 is 0 Å². The minimum atomic E-state index is 0.711. The zero-order valence-corrected chi connectivity index (χ0v) is 16.1. The van der Waals surface area contributed by atoms with Gasteiger partial charge in [-0.15, -0.1) is 0 Å². The van der Waals surface area contributed by atoms with E-state index >= 15 is 0 Å². The lowest BCUT2D eigenvalue weighted by Crippen LogP contribution is -2.17. The van der Waals surface area contributed by atoms with E-state index < -0.39 is 0 Å². The van der Waals surface area contributed by atoms with Gasteiger partial charge in [0, 0.05) is 27.5 Å². The molecule has 0 bridgehead atoms. The summed E-state index contributed by atoms with van der Waals surface area (Å²) in [5.41, 5.74) is 4.47. The Morgan fingerprint density at radius 1 is 1.08 bits per heavy atom. The first kappa shape index (κ1) is 17.3. The largest absolute Gasteiger partial charge is 0.497 e. The summed E-state index contributed by atoms with van der Waals surface area (Å²) in [6.45, 7) is 0. The standard InChI is InChI=1S/C21H19ClN2OS/c1-25-17-11-9-14(10-12-17)20-23-21(26)18-7-2-3-8-19(18)24(20)16-6-4-5-15(22)13-16/h4-6,9-13H,2-3,7-8H2,1H3. The number of benzene rings is 2. The molecule has 0 amide bonds. The first-order valence-electron chi connectivity index (χ1n) is 8.72. The second kappa shape index (κ2) is 7.22. The minimum Gasteiger partial charge on any atom is -0.497 e. The topological polar surface area (TPSA) is 27.1 Å². The number of rotatable bonds is 3. The van der Waals surface area contributed by atoms with Gasteiger partial charge in [0.05, 0.1) is 7.11 Å².